The Hall–Kier alpha value is -2.81. The zero-order chi connectivity index (χ0) is 23.7. The van der Waals surface area contributed by atoms with Crippen molar-refractivity contribution in [3.8, 4) is 5.75 Å². The Bertz CT molecular complexity index is 1090. The van der Waals surface area contributed by atoms with Crippen LogP contribution in [0.5, 0.6) is 5.75 Å². The third-order valence-corrected chi connectivity index (χ3v) is 8.46. The fourth-order valence-corrected chi connectivity index (χ4v) is 7.46. The Labute approximate surface area is 203 Å². The van der Waals surface area contributed by atoms with Gasteiger partial charge in [-0.2, -0.15) is 0 Å². The van der Waals surface area contributed by atoms with Gasteiger partial charge in [-0.1, -0.05) is 42.5 Å². The van der Waals surface area contributed by atoms with Crippen molar-refractivity contribution in [1.29, 1.82) is 0 Å². The quantitative estimate of drug-likeness (QED) is 0.420. The summed E-state index contributed by atoms with van der Waals surface area (Å²) in [6, 6.07) is 14.1. The van der Waals surface area contributed by atoms with E-state index in [2.05, 4.69) is 30.4 Å². The van der Waals surface area contributed by atoms with E-state index in [4.69, 9.17) is 4.74 Å². The summed E-state index contributed by atoms with van der Waals surface area (Å²) in [5.41, 5.74) is 5.40. The van der Waals surface area contributed by atoms with E-state index in [1.165, 1.54) is 49.7 Å². The highest BCUT2D eigenvalue weighted by atomic mass is 16.5. The third-order valence-electron chi connectivity index (χ3n) is 8.46. The summed E-state index contributed by atoms with van der Waals surface area (Å²) in [6.45, 7) is 1.99. The van der Waals surface area contributed by atoms with Crippen molar-refractivity contribution < 1.29 is 14.6 Å². The first-order valence-electron chi connectivity index (χ1n) is 12.8. The van der Waals surface area contributed by atoms with Gasteiger partial charge in [0.1, 0.15) is 5.75 Å². The Kier molecular flexibility index (Phi) is 6.38. The van der Waals surface area contributed by atoms with E-state index < -0.39 is 5.97 Å². The number of benzene rings is 2. The molecule has 0 aliphatic heterocycles. The first-order valence-corrected chi connectivity index (χ1v) is 12.8. The van der Waals surface area contributed by atoms with Crippen LogP contribution >= 0.6 is 0 Å². The van der Waals surface area contributed by atoms with Gasteiger partial charge in [-0.05, 0) is 116 Å². The average Bonchev–Trinajstić information content (AvgIpc) is 2.82. The fourth-order valence-electron chi connectivity index (χ4n) is 7.46. The standard InChI is InChI=1S/C31H36O3/c1-3-6-25(26-9-5-10-27(17-26)30(32)33)8-4-7-21-11-12-28(29(16-21)34-2)31-18-22-13-23(19-31)15-24(14-22)20-31/h3,5-6,8-12,16-17,22-24H,4,7,13-15,18-20H2,1-2H3,(H,32,33). The highest BCUT2D eigenvalue weighted by Gasteiger charge is 2.52. The molecule has 178 valence electrons. The molecule has 0 unspecified atom stereocenters. The zero-order valence-electron chi connectivity index (χ0n) is 20.4. The Morgan fingerprint density at radius 1 is 1.03 bits per heavy atom. The lowest BCUT2D eigenvalue weighted by Gasteiger charge is -2.57. The Morgan fingerprint density at radius 2 is 1.71 bits per heavy atom. The molecular formula is C31H36O3. The molecule has 6 rings (SSSR count). The van der Waals surface area contributed by atoms with E-state index in [-0.39, 0.29) is 0 Å². The summed E-state index contributed by atoms with van der Waals surface area (Å²) in [5, 5.41) is 9.33. The SMILES string of the molecule is CC=CC(=CCCc1ccc(C23CC4CC(CC(C4)C2)C3)c(OC)c1)c1cccc(C(=O)O)c1. The summed E-state index contributed by atoms with van der Waals surface area (Å²) in [6.07, 6.45) is 16.5. The minimum absolute atomic E-state index is 0.318. The lowest BCUT2D eigenvalue weighted by Crippen LogP contribution is -2.48. The maximum absolute atomic E-state index is 11.4. The van der Waals surface area contributed by atoms with Gasteiger partial charge in [0.05, 0.1) is 12.7 Å². The molecule has 4 bridgehead atoms. The summed E-state index contributed by atoms with van der Waals surface area (Å²) in [7, 11) is 1.82. The molecule has 3 nitrogen and oxygen atoms in total. The van der Waals surface area contributed by atoms with Crippen LogP contribution in [0.3, 0.4) is 0 Å². The monoisotopic (exact) mass is 456 g/mol. The van der Waals surface area contributed by atoms with Crippen LogP contribution in [0.2, 0.25) is 0 Å². The minimum Gasteiger partial charge on any atom is -0.496 e. The van der Waals surface area contributed by atoms with Crippen LogP contribution in [0.4, 0.5) is 0 Å². The van der Waals surface area contributed by atoms with Crippen LogP contribution in [-0.2, 0) is 11.8 Å². The summed E-state index contributed by atoms with van der Waals surface area (Å²) in [5.74, 6) is 2.94. The van der Waals surface area contributed by atoms with Gasteiger partial charge in [0.15, 0.2) is 0 Å². The predicted octanol–water partition coefficient (Wildman–Crippen LogP) is 7.45. The second kappa shape index (κ2) is 9.44. The Morgan fingerprint density at radius 3 is 2.32 bits per heavy atom. The number of aromatic carboxylic acids is 1. The van der Waals surface area contributed by atoms with E-state index in [0.717, 1.165) is 47.5 Å². The molecule has 4 aliphatic rings. The smallest absolute Gasteiger partial charge is 0.335 e. The molecule has 0 atom stereocenters. The van der Waals surface area contributed by atoms with E-state index in [1.807, 2.05) is 32.2 Å². The second-order valence-corrected chi connectivity index (χ2v) is 10.8. The fraction of sp³-hybridized carbons (Fsp3) is 0.452. The van der Waals surface area contributed by atoms with Crippen LogP contribution in [0.25, 0.3) is 5.57 Å². The van der Waals surface area contributed by atoms with Gasteiger partial charge in [0, 0.05) is 5.56 Å². The molecule has 2 aromatic carbocycles. The molecule has 0 heterocycles. The van der Waals surface area contributed by atoms with E-state index in [0.29, 0.717) is 11.0 Å². The van der Waals surface area contributed by atoms with Crippen molar-refractivity contribution in [3.63, 3.8) is 0 Å². The number of ether oxygens (including phenoxy) is 1. The second-order valence-electron chi connectivity index (χ2n) is 10.8. The van der Waals surface area contributed by atoms with Crippen molar-refractivity contribution in [2.75, 3.05) is 7.11 Å². The normalized spacial score (nSPS) is 27.9. The molecular weight excluding hydrogens is 420 g/mol. The lowest BCUT2D eigenvalue weighted by molar-refractivity contribution is -0.00616. The topological polar surface area (TPSA) is 46.5 Å². The third kappa shape index (κ3) is 4.45. The molecule has 4 aliphatic carbocycles. The van der Waals surface area contributed by atoms with Crippen molar-refractivity contribution in [2.24, 2.45) is 17.8 Å². The molecule has 1 N–H and O–H groups in total. The number of aryl methyl sites for hydroxylation is 1. The summed E-state index contributed by atoms with van der Waals surface area (Å²) in [4.78, 5) is 11.4. The molecule has 34 heavy (non-hydrogen) atoms. The average molecular weight is 457 g/mol. The molecule has 0 radical (unpaired) electrons. The number of carbonyl (C=O) groups is 1. The number of hydrogen-bond acceptors (Lipinski definition) is 2. The number of allylic oxidation sites excluding steroid dienone is 4. The van der Waals surface area contributed by atoms with Crippen molar-refractivity contribution in [1.82, 2.24) is 0 Å². The lowest BCUT2D eigenvalue weighted by atomic mass is 9.48. The number of carboxylic acids is 1. The highest BCUT2D eigenvalue weighted by molar-refractivity contribution is 5.89. The first kappa shape index (κ1) is 23.0. The van der Waals surface area contributed by atoms with Crippen LogP contribution in [0.1, 0.15) is 78.9 Å². The summed E-state index contributed by atoms with van der Waals surface area (Å²) >= 11 is 0. The first-order chi connectivity index (χ1) is 16.5. The van der Waals surface area contributed by atoms with Gasteiger partial charge in [0.2, 0.25) is 0 Å². The molecule has 3 heteroatoms. The number of rotatable bonds is 8. The van der Waals surface area contributed by atoms with Crippen molar-refractivity contribution in [2.45, 2.75) is 63.7 Å². The van der Waals surface area contributed by atoms with E-state index in [9.17, 15) is 9.90 Å². The number of methoxy groups -OCH3 is 1. The van der Waals surface area contributed by atoms with Gasteiger partial charge in [-0.15, -0.1) is 0 Å². The largest absolute Gasteiger partial charge is 0.496 e. The maximum atomic E-state index is 11.4. The zero-order valence-corrected chi connectivity index (χ0v) is 20.4. The van der Waals surface area contributed by atoms with Crippen LogP contribution in [-0.4, -0.2) is 18.2 Å². The van der Waals surface area contributed by atoms with E-state index >= 15 is 0 Å². The van der Waals surface area contributed by atoms with Crippen molar-refractivity contribution in [3.05, 3.63) is 82.9 Å². The molecule has 0 amide bonds. The molecule has 0 aromatic heterocycles. The van der Waals surface area contributed by atoms with Gasteiger partial charge in [-0.3, -0.25) is 0 Å². The van der Waals surface area contributed by atoms with Crippen LogP contribution in [0, 0.1) is 17.8 Å². The molecule has 4 saturated carbocycles. The number of hydrogen-bond donors (Lipinski definition) is 1. The highest BCUT2D eigenvalue weighted by Crippen LogP contribution is 2.61. The van der Waals surface area contributed by atoms with Gasteiger partial charge < -0.3 is 9.84 Å². The minimum atomic E-state index is -0.895. The van der Waals surface area contributed by atoms with Gasteiger partial charge >= 0.3 is 5.97 Å². The Balaban J connectivity index is 1.34. The van der Waals surface area contributed by atoms with Crippen LogP contribution in [0.15, 0.2) is 60.7 Å². The molecule has 4 fully saturated rings. The number of carboxylic acid groups (broad SMARTS) is 1. The molecule has 0 spiro atoms. The molecule has 2 aromatic rings. The van der Waals surface area contributed by atoms with Gasteiger partial charge in [-0.25, -0.2) is 4.79 Å². The summed E-state index contributed by atoms with van der Waals surface area (Å²) < 4.78 is 5.96. The van der Waals surface area contributed by atoms with Gasteiger partial charge in [0.25, 0.3) is 0 Å². The van der Waals surface area contributed by atoms with E-state index in [1.54, 1.807) is 12.1 Å². The maximum Gasteiger partial charge on any atom is 0.335 e. The van der Waals surface area contributed by atoms with Crippen LogP contribution < -0.4 is 4.74 Å². The molecule has 0 saturated heterocycles. The van der Waals surface area contributed by atoms with Crippen molar-refractivity contribution >= 4 is 11.5 Å². The predicted molar refractivity (Wildman–Crippen MR) is 137 cm³/mol.